The van der Waals surface area contributed by atoms with Crippen LogP contribution in [0.1, 0.15) is 25.0 Å². The van der Waals surface area contributed by atoms with E-state index in [4.69, 9.17) is 0 Å². The van der Waals surface area contributed by atoms with Crippen LogP contribution < -0.4 is 5.32 Å². The van der Waals surface area contributed by atoms with Gasteiger partial charge in [0, 0.05) is 25.4 Å². The van der Waals surface area contributed by atoms with Gasteiger partial charge < -0.3 is 10.2 Å². The normalized spacial score (nSPS) is 12.3. The lowest BCUT2D eigenvalue weighted by atomic mass is 10.0. The zero-order valence-electron chi connectivity index (χ0n) is 13.6. The fraction of sp³-hybridized carbons (Fsp3) is 0.625. The molecule has 0 heterocycles. The third-order valence-corrected chi connectivity index (χ3v) is 4.27. The second-order valence-corrected chi connectivity index (χ2v) is 8.25. The molecule has 0 unspecified atom stereocenters. The summed E-state index contributed by atoms with van der Waals surface area (Å²) in [5.74, 6) is 0.209. The van der Waals surface area contributed by atoms with Gasteiger partial charge in [-0.05, 0) is 31.1 Å². The van der Waals surface area contributed by atoms with Crippen LogP contribution in [-0.4, -0.2) is 51.5 Å². The third-order valence-electron chi connectivity index (χ3n) is 3.35. The van der Waals surface area contributed by atoms with Crippen molar-refractivity contribution < 1.29 is 8.42 Å². The highest BCUT2D eigenvalue weighted by atomic mass is 32.2. The highest BCUT2D eigenvalue weighted by Crippen LogP contribution is 2.11. The van der Waals surface area contributed by atoms with Crippen molar-refractivity contribution in [3.05, 3.63) is 35.4 Å². The summed E-state index contributed by atoms with van der Waals surface area (Å²) in [5, 5.41) is 3.43. The van der Waals surface area contributed by atoms with Crippen molar-refractivity contribution in [1.82, 2.24) is 10.2 Å². The first-order valence-corrected chi connectivity index (χ1v) is 9.50. The molecule has 1 aromatic rings. The molecule has 120 valence electrons. The van der Waals surface area contributed by atoms with E-state index in [2.05, 4.69) is 42.3 Å². The smallest absolute Gasteiger partial charge is 0.148 e. The first-order chi connectivity index (χ1) is 9.78. The maximum atomic E-state index is 11.2. The lowest BCUT2D eigenvalue weighted by Gasteiger charge is -2.19. The average Bonchev–Trinajstić information content (AvgIpc) is 2.37. The molecule has 0 saturated heterocycles. The predicted octanol–water partition coefficient (Wildman–Crippen LogP) is 1.70. The number of sulfone groups is 1. The van der Waals surface area contributed by atoms with E-state index in [1.165, 1.54) is 17.4 Å². The molecule has 0 aromatic heterocycles. The summed E-state index contributed by atoms with van der Waals surface area (Å²) >= 11 is 0. The Kier molecular flexibility index (Phi) is 7.35. The van der Waals surface area contributed by atoms with Gasteiger partial charge in [-0.15, -0.1) is 0 Å². The molecule has 0 spiro atoms. The van der Waals surface area contributed by atoms with Crippen molar-refractivity contribution in [2.24, 2.45) is 0 Å². The highest BCUT2D eigenvalue weighted by Gasteiger charge is 2.08. The van der Waals surface area contributed by atoms with E-state index in [9.17, 15) is 8.42 Å². The first kappa shape index (κ1) is 18.1. The summed E-state index contributed by atoms with van der Waals surface area (Å²) in [7, 11) is -0.930. The Balaban J connectivity index is 2.57. The minimum atomic E-state index is -2.90. The minimum Gasteiger partial charge on any atom is -0.314 e. The molecule has 1 N–H and O–H groups in total. The van der Waals surface area contributed by atoms with Gasteiger partial charge in [0.15, 0.2) is 0 Å². The molecule has 4 nitrogen and oxygen atoms in total. The van der Waals surface area contributed by atoms with Crippen LogP contribution in [0.3, 0.4) is 0 Å². The van der Waals surface area contributed by atoms with Crippen LogP contribution in [-0.2, 0) is 22.8 Å². The zero-order valence-corrected chi connectivity index (χ0v) is 14.4. The molecular weight excluding hydrogens is 284 g/mol. The Bertz CT molecular complexity index is 527. The van der Waals surface area contributed by atoms with E-state index in [1.54, 1.807) is 0 Å². The van der Waals surface area contributed by atoms with Gasteiger partial charge in [-0.1, -0.05) is 38.1 Å². The SMILES string of the molecule is CC(C)NCCc1ccccc1CN(C)CCS(C)(=O)=O. The fourth-order valence-electron chi connectivity index (χ4n) is 2.14. The lowest BCUT2D eigenvalue weighted by Crippen LogP contribution is -2.27. The van der Waals surface area contributed by atoms with Crippen LogP contribution in [0.15, 0.2) is 24.3 Å². The van der Waals surface area contributed by atoms with Crippen LogP contribution in [0.4, 0.5) is 0 Å². The van der Waals surface area contributed by atoms with Gasteiger partial charge in [0.25, 0.3) is 0 Å². The zero-order chi connectivity index (χ0) is 15.9. The molecule has 1 aromatic carbocycles. The van der Waals surface area contributed by atoms with Crippen LogP contribution in [0, 0.1) is 0 Å². The summed E-state index contributed by atoms with van der Waals surface area (Å²) in [6, 6.07) is 8.88. The minimum absolute atomic E-state index is 0.209. The molecule has 1 rings (SSSR count). The van der Waals surface area contributed by atoms with E-state index in [0.717, 1.165) is 19.5 Å². The third kappa shape index (κ3) is 8.19. The second kappa shape index (κ2) is 8.51. The molecule has 0 radical (unpaired) electrons. The van der Waals surface area contributed by atoms with Gasteiger partial charge in [0.1, 0.15) is 9.84 Å². The molecule has 5 heteroatoms. The predicted molar refractivity (Wildman–Crippen MR) is 89.3 cm³/mol. The Morgan fingerprint density at radius 2 is 1.81 bits per heavy atom. The average molecular weight is 312 g/mol. The molecule has 0 amide bonds. The number of nitrogens with zero attached hydrogens (tertiary/aromatic N) is 1. The Morgan fingerprint density at radius 3 is 2.38 bits per heavy atom. The molecule has 0 aliphatic rings. The monoisotopic (exact) mass is 312 g/mol. The van der Waals surface area contributed by atoms with Crippen LogP contribution in [0.2, 0.25) is 0 Å². The van der Waals surface area contributed by atoms with Crippen molar-refractivity contribution in [3.63, 3.8) is 0 Å². The van der Waals surface area contributed by atoms with E-state index in [0.29, 0.717) is 12.6 Å². The van der Waals surface area contributed by atoms with Gasteiger partial charge in [-0.2, -0.15) is 0 Å². The van der Waals surface area contributed by atoms with E-state index in [-0.39, 0.29) is 5.75 Å². The maximum absolute atomic E-state index is 11.2. The molecule has 0 bridgehead atoms. The van der Waals surface area contributed by atoms with E-state index in [1.807, 2.05) is 13.1 Å². The lowest BCUT2D eigenvalue weighted by molar-refractivity contribution is 0.345. The van der Waals surface area contributed by atoms with Gasteiger partial charge in [-0.3, -0.25) is 0 Å². The largest absolute Gasteiger partial charge is 0.314 e. The Hall–Kier alpha value is -0.910. The molecule has 0 aliphatic carbocycles. The summed E-state index contributed by atoms with van der Waals surface area (Å²) in [4.78, 5) is 2.07. The quantitative estimate of drug-likeness (QED) is 0.754. The summed E-state index contributed by atoms with van der Waals surface area (Å²) < 4.78 is 22.5. The molecule has 21 heavy (non-hydrogen) atoms. The van der Waals surface area contributed by atoms with Crippen molar-refractivity contribution in [3.8, 4) is 0 Å². The highest BCUT2D eigenvalue weighted by molar-refractivity contribution is 7.90. The number of hydrogen-bond acceptors (Lipinski definition) is 4. The second-order valence-electron chi connectivity index (χ2n) is 6.00. The van der Waals surface area contributed by atoms with Crippen LogP contribution in [0.25, 0.3) is 0 Å². The summed E-state index contributed by atoms with van der Waals surface area (Å²) in [6.07, 6.45) is 2.28. The molecule has 0 aliphatic heterocycles. The number of benzene rings is 1. The van der Waals surface area contributed by atoms with Gasteiger partial charge in [-0.25, -0.2) is 8.42 Å². The molecule has 0 atom stereocenters. The number of hydrogen-bond donors (Lipinski definition) is 1. The number of rotatable bonds is 9. The maximum Gasteiger partial charge on any atom is 0.148 e. The first-order valence-electron chi connectivity index (χ1n) is 7.44. The number of nitrogens with one attached hydrogen (secondary N) is 1. The standard InChI is InChI=1S/C16H28N2O2S/c1-14(2)17-10-9-15-7-5-6-8-16(15)13-18(3)11-12-21(4,19)20/h5-8,14,17H,9-13H2,1-4H3. The Morgan fingerprint density at radius 1 is 1.19 bits per heavy atom. The molecule has 0 fully saturated rings. The van der Waals surface area contributed by atoms with Crippen molar-refractivity contribution in [2.75, 3.05) is 32.1 Å². The topological polar surface area (TPSA) is 49.4 Å². The van der Waals surface area contributed by atoms with Crippen LogP contribution in [0.5, 0.6) is 0 Å². The van der Waals surface area contributed by atoms with Gasteiger partial charge in [0.2, 0.25) is 0 Å². The molecular formula is C16H28N2O2S. The van der Waals surface area contributed by atoms with Crippen molar-refractivity contribution in [1.29, 1.82) is 0 Å². The molecule has 0 saturated carbocycles. The van der Waals surface area contributed by atoms with Crippen LogP contribution >= 0.6 is 0 Å². The van der Waals surface area contributed by atoms with Gasteiger partial charge in [0.05, 0.1) is 5.75 Å². The fourth-order valence-corrected chi connectivity index (χ4v) is 2.79. The van der Waals surface area contributed by atoms with E-state index >= 15 is 0 Å². The Labute approximate surface area is 129 Å². The van der Waals surface area contributed by atoms with Gasteiger partial charge >= 0.3 is 0 Å². The van der Waals surface area contributed by atoms with Crippen molar-refractivity contribution in [2.45, 2.75) is 32.9 Å². The summed E-state index contributed by atoms with van der Waals surface area (Å²) in [5.41, 5.74) is 2.61. The van der Waals surface area contributed by atoms with Crippen molar-refractivity contribution >= 4 is 9.84 Å². The van der Waals surface area contributed by atoms with E-state index < -0.39 is 9.84 Å². The summed E-state index contributed by atoms with van der Waals surface area (Å²) in [6.45, 7) is 6.60.